The van der Waals surface area contributed by atoms with Gasteiger partial charge in [0.25, 0.3) is 0 Å². The fourth-order valence-corrected chi connectivity index (χ4v) is 6.89. The van der Waals surface area contributed by atoms with Gasteiger partial charge in [-0.25, -0.2) is 0 Å². The van der Waals surface area contributed by atoms with Gasteiger partial charge in [-0.15, -0.1) is 0 Å². The second-order valence-electron chi connectivity index (χ2n) is 8.42. The molecule has 5 atom stereocenters. The smallest absolute Gasteiger partial charge is 0.0243 e. The van der Waals surface area contributed by atoms with E-state index < -0.39 is 0 Å². The normalized spacial score (nSPS) is 62.3. The monoisotopic (exact) mass is 269 g/mol. The first-order valence-electron chi connectivity index (χ1n) is 7.28. The Hall–Kier alpha value is 0.310. The molecule has 0 saturated heterocycles. The molecule has 2 N–H and O–H groups in total. The fraction of sp³-hybridized carbons (Fsp3) is 1.00. The molecule has 2 fully saturated rings. The first-order valence-corrected chi connectivity index (χ1v) is 7.73. The van der Waals surface area contributed by atoms with Crippen LogP contribution in [0.2, 0.25) is 0 Å². The van der Waals surface area contributed by atoms with Crippen molar-refractivity contribution in [2.45, 2.75) is 78.5 Å². The summed E-state index contributed by atoms with van der Waals surface area (Å²) >= 11 is 5.02. The van der Waals surface area contributed by atoms with Crippen molar-refractivity contribution in [2.24, 2.45) is 27.4 Å². The molecule has 2 heteroatoms. The predicted molar refractivity (Wildman–Crippen MR) is 83.0 cm³/mol. The molecule has 1 nitrogen and oxygen atoms in total. The Balaban J connectivity index is 2.77. The third-order valence-electron chi connectivity index (χ3n) is 8.51. The largest absolute Gasteiger partial charge is 0.324 e. The fourth-order valence-electron chi connectivity index (χ4n) is 6.08. The molecule has 0 aromatic rings. The van der Waals surface area contributed by atoms with Gasteiger partial charge in [-0.1, -0.05) is 48.5 Å². The minimum Gasteiger partial charge on any atom is -0.324 e. The molecule has 0 heterocycles. The van der Waals surface area contributed by atoms with Gasteiger partial charge in [-0.3, -0.25) is 0 Å². The van der Waals surface area contributed by atoms with Gasteiger partial charge in [0, 0.05) is 10.3 Å². The summed E-state index contributed by atoms with van der Waals surface area (Å²) in [6.07, 6.45) is 2.28. The van der Waals surface area contributed by atoms with Crippen molar-refractivity contribution < 1.29 is 0 Å². The minimum atomic E-state index is -0.168. The van der Waals surface area contributed by atoms with Gasteiger partial charge < -0.3 is 5.73 Å². The molecule has 106 valence electrons. The summed E-state index contributed by atoms with van der Waals surface area (Å²) in [5.41, 5.74) is 7.45. The minimum absolute atomic E-state index is 0.0842. The molecule has 0 spiro atoms. The van der Waals surface area contributed by atoms with Gasteiger partial charge in [0.15, 0.2) is 0 Å². The molecule has 0 aliphatic heterocycles. The van der Waals surface area contributed by atoms with Crippen molar-refractivity contribution in [1.29, 1.82) is 0 Å². The van der Waals surface area contributed by atoms with E-state index in [-0.39, 0.29) is 31.9 Å². The number of rotatable bonds is 1. The summed E-state index contributed by atoms with van der Waals surface area (Å²) in [5.74, 6) is 0. The van der Waals surface area contributed by atoms with Crippen molar-refractivity contribution in [3.8, 4) is 0 Å². The number of hydrogen-bond acceptors (Lipinski definition) is 2. The molecule has 2 aliphatic rings. The maximum Gasteiger partial charge on any atom is 0.0243 e. The van der Waals surface area contributed by atoms with Crippen LogP contribution in [-0.4, -0.2) is 10.3 Å². The summed E-state index contributed by atoms with van der Waals surface area (Å²) in [7, 11) is 0. The maximum atomic E-state index is 6.92. The van der Waals surface area contributed by atoms with Crippen LogP contribution in [0.4, 0.5) is 0 Å². The average Bonchev–Trinajstić information content (AvgIpc) is 2.28. The van der Waals surface area contributed by atoms with Crippen molar-refractivity contribution in [1.82, 2.24) is 0 Å². The van der Waals surface area contributed by atoms with Crippen LogP contribution in [0.1, 0.15) is 68.2 Å². The third-order valence-corrected chi connectivity index (χ3v) is 9.12. The molecular weight excluding hydrogens is 238 g/mol. The highest BCUT2D eigenvalue weighted by Gasteiger charge is 2.85. The van der Waals surface area contributed by atoms with Gasteiger partial charge in [0.2, 0.25) is 0 Å². The molecule has 0 aromatic carbocycles. The summed E-state index contributed by atoms with van der Waals surface area (Å²) in [6, 6.07) is 0. The van der Waals surface area contributed by atoms with Crippen LogP contribution >= 0.6 is 12.6 Å². The van der Waals surface area contributed by atoms with Gasteiger partial charge in [0.05, 0.1) is 0 Å². The lowest BCUT2D eigenvalue weighted by molar-refractivity contribution is -0.156. The lowest BCUT2D eigenvalue weighted by atomic mass is 9.38. The number of thiol groups is 1. The maximum absolute atomic E-state index is 6.92. The van der Waals surface area contributed by atoms with Crippen LogP contribution in [0.15, 0.2) is 0 Å². The van der Waals surface area contributed by atoms with Crippen LogP contribution in [-0.2, 0) is 0 Å². The zero-order valence-corrected chi connectivity index (χ0v) is 14.3. The Kier molecular flexibility index (Phi) is 2.56. The highest BCUT2D eigenvalue weighted by molar-refractivity contribution is 7.81. The van der Waals surface area contributed by atoms with E-state index in [1.165, 1.54) is 0 Å². The van der Waals surface area contributed by atoms with Gasteiger partial charge in [0.1, 0.15) is 0 Å². The average molecular weight is 269 g/mol. The second kappa shape index (κ2) is 3.14. The Morgan fingerprint density at radius 2 is 1.44 bits per heavy atom. The van der Waals surface area contributed by atoms with E-state index in [2.05, 4.69) is 55.4 Å². The van der Waals surface area contributed by atoms with E-state index in [9.17, 15) is 0 Å². The van der Waals surface area contributed by atoms with Gasteiger partial charge in [-0.2, -0.15) is 12.6 Å². The highest BCUT2D eigenvalue weighted by atomic mass is 32.1. The topological polar surface area (TPSA) is 26.0 Å². The zero-order chi connectivity index (χ0) is 14.4. The van der Waals surface area contributed by atoms with Crippen molar-refractivity contribution in [3.05, 3.63) is 0 Å². The molecule has 2 rings (SSSR count). The molecule has 18 heavy (non-hydrogen) atoms. The highest BCUT2D eigenvalue weighted by Crippen LogP contribution is 2.86. The summed E-state index contributed by atoms with van der Waals surface area (Å²) in [6.45, 7) is 18.9. The molecule has 0 bridgehead atoms. The van der Waals surface area contributed by atoms with Crippen LogP contribution in [0, 0.1) is 21.7 Å². The molecule has 5 unspecified atom stereocenters. The Morgan fingerprint density at radius 1 is 1.00 bits per heavy atom. The van der Waals surface area contributed by atoms with Crippen LogP contribution < -0.4 is 5.73 Å². The van der Waals surface area contributed by atoms with E-state index >= 15 is 0 Å². The van der Waals surface area contributed by atoms with Gasteiger partial charge in [-0.05, 0) is 41.4 Å². The summed E-state index contributed by atoms with van der Waals surface area (Å²) in [5, 5.41) is 0. The van der Waals surface area contributed by atoms with Gasteiger partial charge >= 0.3 is 0 Å². The number of nitrogens with two attached hydrogens (primary N) is 1. The molecule has 0 radical (unpaired) electrons. The lowest BCUT2D eigenvalue weighted by Gasteiger charge is -2.70. The van der Waals surface area contributed by atoms with E-state index in [0.717, 1.165) is 12.8 Å². The third kappa shape index (κ3) is 0.954. The zero-order valence-electron chi connectivity index (χ0n) is 13.4. The second-order valence-corrected chi connectivity index (χ2v) is 9.41. The molecule has 2 saturated carbocycles. The van der Waals surface area contributed by atoms with Crippen molar-refractivity contribution in [3.63, 3.8) is 0 Å². The first-order chi connectivity index (χ1) is 7.77. The Bertz CT molecular complexity index is 398. The first kappa shape index (κ1) is 14.7. The Labute approximate surface area is 119 Å². The van der Waals surface area contributed by atoms with E-state index in [1.807, 2.05) is 0 Å². The lowest BCUT2D eigenvalue weighted by Crippen LogP contribution is -2.68. The van der Waals surface area contributed by atoms with Crippen molar-refractivity contribution in [2.75, 3.05) is 0 Å². The van der Waals surface area contributed by atoms with Crippen molar-refractivity contribution >= 4 is 12.6 Å². The van der Waals surface area contributed by atoms with E-state index in [1.54, 1.807) is 0 Å². The summed E-state index contributed by atoms with van der Waals surface area (Å²) in [4.78, 5) is 0. The van der Waals surface area contributed by atoms with Crippen LogP contribution in [0.5, 0.6) is 0 Å². The molecule has 0 amide bonds. The van der Waals surface area contributed by atoms with E-state index in [0.29, 0.717) is 0 Å². The molecular formula is C16H31NS. The predicted octanol–water partition coefficient (Wildman–Crippen LogP) is 4.26. The van der Waals surface area contributed by atoms with Crippen LogP contribution in [0.25, 0.3) is 0 Å². The molecule has 0 aromatic heterocycles. The summed E-state index contributed by atoms with van der Waals surface area (Å²) < 4.78 is 0.0842. The number of fused-ring (bicyclic) bond motifs is 1. The van der Waals surface area contributed by atoms with Crippen LogP contribution in [0.3, 0.4) is 0 Å². The SMILES string of the molecule is CCC1(C)C(C)(N)C(C)(C)C2(C)CC(C)(S)C21C. The Morgan fingerprint density at radius 3 is 1.72 bits per heavy atom. The quantitative estimate of drug-likeness (QED) is 0.683. The molecule has 2 aliphatic carbocycles. The standard InChI is InChI=1S/C16H31NS/c1-9-12(4)15(7)13(5,10-14(15,6)18)11(2,3)16(12,8)17/h18H,9-10,17H2,1-8H3. The van der Waals surface area contributed by atoms with E-state index in [4.69, 9.17) is 18.4 Å². The number of hydrogen-bond donors (Lipinski definition) is 2.